The monoisotopic (exact) mass is 304 g/mol. The van der Waals surface area contributed by atoms with E-state index in [9.17, 15) is 14.9 Å². The molecule has 1 aliphatic rings. The Bertz CT molecular complexity index is 800. The van der Waals surface area contributed by atoms with Gasteiger partial charge in [-0.25, -0.2) is 0 Å². The lowest BCUT2D eigenvalue weighted by Crippen LogP contribution is -2.30. The number of hydrogen-bond donors (Lipinski definition) is 0. The first-order chi connectivity index (χ1) is 11.2. The zero-order valence-electron chi connectivity index (χ0n) is 12.1. The lowest BCUT2D eigenvalue weighted by Gasteiger charge is -2.12. The smallest absolute Gasteiger partial charge is 0.266 e. The molecular formula is C18H12N2O3. The van der Waals surface area contributed by atoms with Crippen LogP contribution in [0.4, 0.5) is 0 Å². The zero-order valence-corrected chi connectivity index (χ0v) is 12.1. The van der Waals surface area contributed by atoms with Crippen LogP contribution in [0.5, 0.6) is 0 Å². The highest BCUT2D eigenvalue weighted by molar-refractivity contribution is 6.20. The van der Waals surface area contributed by atoms with Crippen molar-refractivity contribution >= 4 is 17.9 Å². The maximum absolute atomic E-state index is 12.1. The summed E-state index contributed by atoms with van der Waals surface area (Å²) in [5.74, 6) is -1.02. The zero-order chi connectivity index (χ0) is 16.2. The van der Waals surface area contributed by atoms with Crippen LogP contribution in [0.15, 0.2) is 60.2 Å². The maximum Gasteiger partial charge on any atom is 0.285 e. The summed E-state index contributed by atoms with van der Waals surface area (Å²) in [6.07, 6.45) is 1.65. The van der Waals surface area contributed by atoms with Gasteiger partial charge in [0.1, 0.15) is 6.61 Å². The average molecular weight is 304 g/mol. The number of rotatable bonds is 4. The largest absolute Gasteiger partial charge is 0.285 e. The lowest BCUT2D eigenvalue weighted by atomic mass is 10.1. The second-order valence-electron chi connectivity index (χ2n) is 4.92. The quantitative estimate of drug-likeness (QED) is 0.643. The van der Waals surface area contributed by atoms with Gasteiger partial charge in [0, 0.05) is 0 Å². The second-order valence-corrected chi connectivity index (χ2v) is 4.92. The number of nitriles is 1. The summed E-state index contributed by atoms with van der Waals surface area (Å²) in [7, 11) is 0. The average Bonchev–Trinajstić information content (AvgIpc) is 2.84. The molecule has 0 spiro atoms. The predicted octanol–water partition coefficient (Wildman–Crippen LogP) is 2.82. The molecule has 5 nitrogen and oxygen atoms in total. The number of hydrogen-bond acceptors (Lipinski definition) is 4. The van der Waals surface area contributed by atoms with Crippen molar-refractivity contribution in [1.82, 2.24) is 5.06 Å². The van der Waals surface area contributed by atoms with E-state index in [0.717, 1.165) is 5.56 Å². The van der Waals surface area contributed by atoms with Gasteiger partial charge in [-0.05, 0) is 23.8 Å². The number of fused-ring (bicyclic) bond motifs is 1. The molecule has 0 bridgehead atoms. The number of carbonyl (C=O) groups excluding carboxylic acids is 2. The third-order valence-corrected chi connectivity index (χ3v) is 3.39. The van der Waals surface area contributed by atoms with E-state index in [4.69, 9.17) is 4.84 Å². The molecule has 112 valence electrons. The van der Waals surface area contributed by atoms with Crippen LogP contribution in [0.25, 0.3) is 6.08 Å². The van der Waals surface area contributed by atoms with E-state index in [1.165, 1.54) is 0 Å². The fourth-order valence-electron chi connectivity index (χ4n) is 2.28. The van der Waals surface area contributed by atoms with Gasteiger partial charge in [-0.1, -0.05) is 42.5 Å². The van der Waals surface area contributed by atoms with E-state index < -0.39 is 11.8 Å². The molecular weight excluding hydrogens is 292 g/mol. The summed E-state index contributed by atoms with van der Waals surface area (Å²) in [5.41, 5.74) is 1.77. The number of amides is 2. The SMILES string of the molecule is N#C/C(=C\c1ccccc1)CON1C(=O)c2ccccc2C1=O. The molecule has 2 aromatic rings. The molecule has 0 fully saturated rings. The van der Waals surface area contributed by atoms with Gasteiger partial charge in [0.05, 0.1) is 22.8 Å². The Morgan fingerprint density at radius 2 is 1.57 bits per heavy atom. The molecule has 0 radical (unpaired) electrons. The van der Waals surface area contributed by atoms with Crippen molar-refractivity contribution in [2.75, 3.05) is 6.61 Å². The summed E-state index contributed by atoms with van der Waals surface area (Å²) >= 11 is 0. The van der Waals surface area contributed by atoms with E-state index >= 15 is 0 Å². The topological polar surface area (TPSA) is 70.4 Å². The van der Waals surface area contributed by atoms with Gasteiger partial charge >= 0.3 is 0 Å². The number of nitrogens with zero attached hydrogens (tertiary/aromatic N) is 2. The highest BCUT2D eigenvalue weighted by Crippen LogP contribution is 2.23. The van der Waals surface area contributed by atoms with Gasteiger partial charge in [0.25, 0.3) is 11.8 Å². The first kappa shape index (κ1) is 14.7. The van der Waals surface area contributed by atoms with Gasteiger partial charge < -0.3 is 0 Å². The number of benzene rings is 2. The lowest BCUT2D eigenvalue weighted by molar-refractivity contribution is -0.0814. The Kier molecular flexibility index (Phi) is 4.00. The van der Waals surface area contributed by atoms with E-state index in [2.05, 4.69) is 0 Å². The summed E-state index contributed by atoms with van der Waals surface area (Å²) in [6, 6.07) is 17.8. The van der Waals surface area contributed by atoms with E-state index in [1.54, 1.807) is 30.3 Å². The molecule has 1 heterocycles. The van der Waals surface area contributed by atoms with Gasteiger partial charge in [0.15, 0.2) is 0 Å². The fourth-order valence-corrected chi connectivity index (χ4v) is 2.28. The van der Waals surface area contributed by atoms with Crippen molar-refractivity contribution < 1.29 is 14.4 Å². The first-order valence-corrected chi connectivity index (χ1v) is 6.97. The van der Waals surface area contributed by atoms with Crippen LogP contribution in [0.1, 0.15) is 26.3 Å². The Morgan fingerprint density at radius 3 is 2.13 bits per heavy atom. The van der Waals surface area contributed by atoms with Crippen molar-refractivity contribution in [2.24, 2.45) is 0 Å². The van der Waals surface area contributed by atoms with Crippen LogP contribution >= 0.6 is 0 Å². The number of imide groups is 1. The fraction of sp³-hybridized carbons (Fsp3) is 0.0556. The minimum absolute atomic E-state index is 0.156. The number of hydroxylamine groups is 2. The summed E-state index contributed by atoms with van der Waals surface area (Å²) in [4.78, 5) is 29.6. The Hall–Kier alpha value is -3.23. The normalized spacial score (nSPS) is 13.9. The summed E-state index contributed by atoms with van der Waals surface area (Å²) in [6.45, 7) is -0.156. The highest BCUT2D eigenvalue weighted by atomic mass is 16.7. The van der Waals surface area contributed by atoms with Crippen LogP contribution in [-0.2, 0) is 4.84 Å². The molecule has 0 aromatic heterocycles. The molecule has 0 unspecified atom stereocenters. The molecule has 0 N–H and O–H groups in total. The third-order valence-electron chi connectivity index (χ3n) is 3.39. The van der Waals surface area contributed by atoms with Crippen LogP contribution in [0.2, 0.25) is 0 Å². The summed E-state index contributed by atoms with van der Waals surface area (Å²) in [5, 5.41) is 9.89. The van der Waals surface area contributed by atoms with Crippen LogP contribution in [0.3, 0.4) is 0 Å². The molecule has 0 saturated heterocycles. The molecule has 0 saturated carbocycles. The van der Waals surface area contributed by atoms with Crippen LogP contribution in [0, 0.1) is 11.3 Å². The number of carbonyl (C=O) groups is 2. The van der Waals surface area contributed by atoms with Crippen molar-refractivity contribution in [2.45, 2.75) is 0 Å². The first-order valence-electron chi connectivity index (χ1n) is 6.97. The minimum Gasteiger partial charge on any atom is -0.266 e. The van der Waals surface area contributed by atoms with Gasteiger partial charge in [-0.3, -0.25) is 14.4 Å². The van der Waals surface area contributed by atoms with E-state index in [1.807, 2.05) is 36.4 Å². The van der Waals surface area contributed by atoms with Gasteiger partial charge in [-0.15, -0.1) is 5.06 Å². The van der Waals surface area contributed by atoms with E-state index in [0.29, 0.717) is 21.8 Å². The van der Waals surface area contributed by atoms with Gasteiger partial charge in [-0.2, -0.15) is 5.26 Å². The van der Waals surface area contributed by atoms with Gasteiger partial charge in [0.2, 0.25) is 0 Å². The molecule has 2 amide bonds. The van der Waals surface area contributed by atoms with Crippen LogP contribution in [-0.4, -0.2) is 23.5 Å². The molecule has 3 rings (SSSR count). The Labute approximate surface area is 133 Å². The molecule has 1 aliphatic heterocycles. The van der Waals surface area contributed by atoms with Crippen LogP contribution < -0.4 is 0 Å². The van der Waals surface area contributed by atoms with Crippen molar-refractivity contribution in [3.8, 4) is 6.07 Å². The highest BCUT2D eigenvalue weighted by Gasteiger charge is 2.36. The second kappa shape index (κ2) is 6.26. The molecule has 5 heteroatoms. The molecule has 2 aromatic carbocycles. The predicted molar refractivity (Wildman–Crippen MR) is 82.9 cm³/mol. The van der Waals surface area contributed by atoms with E-state index in [-0.39, 0.29) is 6.61 Å². The third kappa shape index (κ3) is 2.89. The molecule has 23 heavy (non-hydrogen) atoms. The molecule has 0 aliphatic carbocycles. The molecule has 0 atom stereocenters. The Balaban J connectivity index is 1.74. The van der Waals surface area contributed by atoms with Crippen molar-refractivity contribution in [3.05, 3.63) is 76.9 Å². The maximum atomic E-state index is 12.1. The Morgan fingerprint density at radius 1 is 1.00 bits per heavy atom. The van der Waals surface area contributed by atoms with Crippen molar-refractivity contribution in [1.29, 1.82) is 5.26 Å². The summed E-state index contributed by atoms with van der Waals surface area (Å²) < 4.78 is 0. The van der Waals surface area contributed by atoms with Crippen molar-refractivity contribution in [3.63, 3.8) is 0 Å². The standard InChI is InChI=1S/C18H12N2O3/c19-11-14(10-13-6-2-1-3-7-13)12-23-20-17(21)15-8-4-5-9-16(15)18(20)22/h1-10H,12H2/b14-10+. The minimum atomic E-state index is -0.511.